The molecule has 0 aliphatic rings. The molecular formula is C24H34N2O2. The molecule has 0 spiro atoms. The summed E-state index contributed by atoms with van der Waals surface area (Å²) < 4.78 is 11.5. The van der Waals surface area contributed by atoms with Crippen LogP contribution in [0.15, 0.2) is 82.6 Å². The zero-order chi connectivity index (χ0) is 23.4. The van der Waals surface area contributed by atoms with Crippen LogP contribution in [0.5, 0.6) is 0 Å². The van der Waals surface area contributed by atoms with Crippen molar-refractivity contribution in [1.29, 1.82) is 0 Å². The molecule has 0 aliphatic heterocycles. The lowest BCUT2D eigenvalue weighted by Crippen LogP contribution is -1.98. The summed E-state index contributed by atoms with van der Waals surface area (Å²) in [6.07, 6.45) is 3.31. The van der Waals surface area contributed by atoms with E-state index < -0.39 is 0 Å². The number of benzene rings is 2. The molecule has 0 saturated heterocycles. The van der Waals surface area contributed by atoms with Crippen molar-refractivity contribution in [3.05, 3.63) is 93.5 Å². The van der Waals surface area contributed by atoms with E-state index in [9.17, 15) is 9.59 Å². The molecule has 4 heteroatoms. The largest absolute Gasteiger partial charge is 0.361 e. The summed E-state index contributed by atoms with van der Waals surface area (Å²) in [6.45, 7) is 8.00. The number of pyridine rings is 2. The topological polar surface area (TPSA) is 65.7 Å². The molecule has 0 fully saturated rings. The fourth-order valence-electron chi connectivity index (χ4n) is 2.24. The molecule has 4 nitrogen and oxygen atoms in total. The molecule has 0 saturated carbocycles. The minimum Gasteiger partial charge on any atom is -0.361 e. The molecule has 2 heterocycles. The number of nitrogens with one attached hydrogen (secondary N) is 2. The van der Waals surface area contributed by atoms with E-state index in [1.807, 2.05) is 76.2 Å². The van der Waals surface area contributed by atoms with Gasteiger partial charge in [0.25, 0.3) is 0 Å². The van der Waals surface area contributed by atoms with Crippen molar-refractivity contribution in [3.8, 4) is 0 Å². The van der Waals surface area contributed by atoms with Gasteiger partial charge in [-0.1, -0.05) is 66.8 Å². The lowest BCUT2D eigenvalue weighted by Gasteiger charge is -1.92. The number of hydrogen-bond acceptors (Lipinski definition) is 2. The third-order valence-electron chi connectivity index (χ3n) is 3.33. The van der Waals surface area contributed by atoms with E-state index in [-0.39, 0.29) is 10.9 Å². The highest BCUT2D eigenvalue weighted by atomic mass is 16.1. The van der Waals surface area contributed by atoms with Crippen molar-refractivity contribution >= 4 is 21.8 Å². The van der Waals surface area contributed by atoms with E-state index in [4.69, 9.17) is 2.74 Å². The Morgan fingerprint density at radius 3 is 1.25 bits per heavy atom. The van der Waals surface area contributed by atoms with Gasteiger partial charge in [0.1, 0.15) is 0 Å². The Labute approximate surface area is 171 Å². The smallest absolute Gasteiger partial charge is 0.189 e. The van der Waals surface area contributed by atoms with Crippen molar-refractivity contribution in [3.63, 3.8) is 0 Å². The summed E-state index contributed by atoms with van der Waals surface area (Å²) in [7, 11) is 2.50. The fraction of sp³-hybridized carbons (Fsp3) is 0.250. The van der Waals surface area contributed by atoms with Gasteiger partial charge in [0.15, 0.2) is 10.9 Å². The van der Waals surface area contributed by atoms with E-state index in [0.717, 1.165) is 21.8 Å². The van der Waals surface area contributed by atoms with E-state index >= 15 is 0 Å². The highest BCUT2D eigenvalue weighted by Gasteiger charge is 1.93. The molecule has 152 valence electrons. The average Bonchev–Trinajstić information content (AvgIpc) is 2.85. The van der Waals surface area contributed by atoms with Gasteiger partial charge in [0.05, 0.1) is 0 Å². The van der Waals surface area contributed by atoms with Crippen LogP contribution in [0.2, 0.25) is 0 Å². The minimum atomic E-state index is 0.0688. The van der Waals surface area contributed by atoms with Crippen molar-refractivity contribution in [2.75, 3.05) is 0 Å². The Bertz CT molecular complexity index is 948. The van der Waals surface area contributed by atoms with Crippen LogP contribution in [0.1, 0.15) is 45.2 Å². The molecule has 2 N–H and O–H groups in total. The first-order valence-corrected chi connectivity index (χ1v) is 8.88. The SMILES string of the molecule is CC.CC.O=c1cc[nH]c2ccccc12.O=c1cc[nH]c2ccccc12.[2H]C.[2H]C. The number of fused-ring (bicyclic) bond motifs is 2. The second-order valence-electron chi connectivity index (χ2n) is 4.78. The maximum atomic E-state index is 11.2. The van der Waals surface area contributed by atoms with Crippen LogP contribution in [0, 0.1) is 0 Å². The maximum absolute atomic E-state index is 11.2. The average molecular weight is 385 g/mol. The zero-order valence-corrected chi connectivity index (χ0v) is 17.7. The van der Waals surface area contributed by atoms with Crippen molar-refractivity contribution in [2.24, 2.45) is 0 Å². The van der Waals surface area contributed by atoms with Gasteiger partial charge in [-0.05, 0) is 24.3 Å². The van der Waals surface area contributed by atoms with Crippen LogP contribution in [-0.2, 0) is 0 Å². The predicted octanol–water partition coefficient (Wildman–Crippen LogP) is 6.38. The molecule has 4 rings (SSSR count). The van der Waals surface area contributed by atoms with Crippen molar-refractivity contribution < 1.29 is 2.74 Å². The van der Waals surface area contributed by atoms with Gasteiger partial charge in [-0.3, -0.25) is 9.59 Å². The Balaban J connectivity index is 0. The van der Waals surface area contributed by atoms with Crippen LogP contribution >= 0.6 is 0 Å². The molecule has 4 aromatic rings. The first-order valence-electron chi connectivity index (χ1n) is 10.9. The van der Waals surface area contributed by atoms with Crippen LogP contribution in [0.25, 0.3) is 21.8 Å². The molecule has 2 aromatic heterocycles. The number of hydrogen-bond donors (Lipinski definition) is 2. The van der Waals surface area contributed by atoms with Crippen molar-refractivity contribution in [2.45, 2.75) is 42.5 Å². The quantitative estimate of drug-likeness (QED) is 0.369. The standard InChI is InChI=1S/2C9H7NO.2C2H6.2CH4/c2*11-9-5-6-10-8-4-2-1-3-7(8)9;2*1-2;;/h2*1-6H,(H,10,11);2*1-2H3;2*1H4/i;;;;2*1D. The lowest BCUT2D eigenvalue weighted by molar-refractivity contribution is 1.39. The first-order chi connectivity index (χ1) is 14.8. The second-order valence-corrected chi connectivity index (χ2v) is 4.78. The number of aromatic nitrogens is 2. The van der Waals surface area contributed by atoms with Crippen LogP contribution in [-0.4, -0.2) is 9.97 Å². The van der Waals surface area contributed by atoms with Gasteiger partial charge in [0.2, 0.25) is 0 Å². The van der Waals surface area contributed by atoms with E-state index in [2.05, 4.69) is 9.97 Å². The minimum absolute atomic E-state index is 0.0688. The highest BCUT2D eigenvalue weighted by Crippen LogP contribution is 2.04. The molecule has 0 radical (unpaired) electrons. The Hall–Kier alpha value is -3.14. The molecule has 0 aliphatic carbocycles. The second kappa shape index (κ2) is 15.0. The summed E-state index contributed by atoms with van der Waals surface area (Å²) in [6, 6.07) is 18.0. The number of H-pyrrole nitrogens is 2. The molecule has 0 bridgehead atoms. The fourth-order valence-corrected chi connectivity index (χ4v) is 2.24. The van der Waals surface area contributed by atoms with Crippen LogP contribution < -0.4 is 10.9 Å². The van der Waals surface area contributed by atoms with Gasteiger partial charge in [-0.25, -0.2) is 0 Å². The number of para-hydroxylation sites is 2. The summed E-state index contributed by atoms with van der Waals surface area (Å²) in [5.74, 6) is 0. The summed E-state index contributed by atoms with van der Waals surface area (Å²) in [5, 5.41) is 1.49. The van der Waals surface area contributed by atoms with E-state index in [1.165, 1.54) is 26.9 Å². The number of rotatable bonds is 0. The summed E-state index contributed by atoms with van der Waals surface area (Å²) >= 11 is 0. The molecule has 0 atom stereocenters. The molecular weight excluding hydrogens is 348 g/mol. The first kappa shape index (κ1) is 22.9. The molecule has 0 unspecified atom stereocenters. The molecule has 28 heavy (non-hydrogen) atoms. The maximum Gasteiger partial charge on any atom is 0.189 e. The normalized spacial score (nSPS) is 8.93. The zero-order valence-electron chi connectivity index (χ0n) is 19.7. The Morgan fingerprint density at radius 2 is 0.929 bits per heavy atom. The van der Waals surface area contributed by atoms with E-state index in [0.29, 0.717) is 0 Å². The molecule has 0 amide bonds. The van der Waals surface area contributed by atoms with Gasteiger partial charge < -0.3 is 9.97 Å². The van der Waals surface area contributed by atoms with Gasteiger partial charge >= 0.3 is 0 Å². The van der Waals surface area contributed by atoms with Crippen LogP contribution in [0.3, 0.4) is 0 Å². The lowest BCUT2D eigenvalue weighted by atomic mass is 10.2. The van der Waals surface area contributed by atoms with Gasteiger partial charge in [0, 0.05) is 49.1 Å². The van der Waals surface area contributed by atoms with Crippen molar-refractivity contribution in [1.82, 2.24) is 9.97 Å². The summed E-state index contributed by atoms with van der Waals surface area (Å²) in [4.78, 5) is 28.3. The predicted molar refractivity (Wildman–Crippen MR) is 125 cm³/mol. The Morgan fingerprint density at radius 1 is 0.607 bits per heavy atom. The monoisotopic (exact) mass is 384 g/mol. The highest BCUT2D eigenvalue weighted by molar-refractivity contribution is 5.78. The third-order valence-corrected chi connectivity index (χ3v) is 3.33. The third kappa shape index (κ3) is 7.23. The number of aromatic amines is 2. The van der Waals surface area contributed by atoms with Gasteiger partial charge in [-0.15, -0.1) is 0 Å². The van der Waals surface area contributed by atoms with E-state index in [1.54, 1.807) is 12.4 Å². The summed E-state index contributed by atoms with van der Waals surface area (Å²) in [5.41, 5.74) is 1.92. The van der Waals surface area contributed by atoms with Gasteiger partial charge in [-0.2, -0.15) is 0 Å². The van der Waals surface area contributed by atoms with Crippen LogP contribution in [0.4, 0.5) is 0 Å². The molecule has 2 aromatic carbocycles. The Kier molecular flexibility index (Phi) is 12.2.